The predicted octanol–water partition coefficient (Wildman–Crippen LogP) is 8.81. The van der Waals surface area contributed by atoms with Crippen LogP contribution >= 0.6 is 46.6 Å². The van der Waals surface area contributed by atoms with Gasteiger partial charge in [-0.1, -0.05) is 59.5 Å². The first kappa shape index (κ1) is 26.4. The van der Waals surface area contributed by atoms with E-state index in [9.17, 15) is 0 Å². The quantitative estimate of drug-likeness (QED) is 0.248. The number of nitrogens with zero attached hydrogens (tertiary/aromatic N) is 2. The molecule has 3 aliphatic rings. The molecular formula is C32H35N2S4+. The molecule has 2 aromatic carbocycles. The minimum Gasteiger partial charge on any atom is -0.334 e. The van der Waals surface area contributed by atoms with Gasteiger partial charge in [0.2, 0.25) is 5.52 Å². The van der Waals surface area contributed by atoms with E-state index in [4.69, 9.17) is 0 Å². The first-order chi connectivity index (χ1) is 18.7. The Bertz CT molecular complexity index is 1440. The van der Waals surface area contributed by atoms with Gasteiger partial charge in [0.15, 0.2) is 6.54 Å². The highest BCUT2D eigenvalue weighted by atomic mass is 32.2. The number of rotatable bonds is 8. The minimum absolute atomic E-state index is 0.710. The maximum atomic E-state index is 2.53. The smallest absolute Gasteiger partial charge is 0.263 e. The van der Waals surface area contributed by atoms with Crippen molar-refractivity contribution in [2.24, 2.45) is 5.92 Å². The van der Waals surface area contributed by atoms with Crippen molar-refractivity contribution in [1.29, 1.82) is 0 Å². The molecule has 0 N–H and O–H groups in total. The van der Waals surface area contributed by atoms with E-state index in [1.54, 1.807) is 0 Å². The second-order valence-corrected chi connectivity index (χ2v) is 14.2. The number of anilines is 1. The summed E-state index contributed by atoms with van der Waals surface area (Å²) in [6.07, 6.45) is 19.3. The SMILES string of the molecule is CSCCN1C(=CC2=CC3=CC(=Cc4sc5ccccc5[n+]4CCSC)CCC3CC2)Sc2ccccc21. The molecule has 0 fully saturated rings. The molecule has 196 valence electrons. The topological polar surface area (TPSA) is 7.12 Å². The maximum absolute atomic E-state index is 2.53. The number of aryl methyl sites for hydroxylation is 1. The summed E-state index contributed by atoms with van der Waals surface area (Å²) in [6.45, 7) is 2.13. The molecule has 38 heavy (non-hydrogen) atoms. The number of thiazole rings is 1. The zero-order valence-electron chi connectivity index (χ0n) is 22.2. The van der Waals surface area contributed by atoms with Gasteiger partial charge in [-0.2, -0.15) is 28.1 Å². The summed E-state index contributed by atoms with van der Waals surface area (Å²) in [6, 6.07) is 17.7. The molecule has 0 amide bonds. The van der Waals surface area contributed by atoms with Crippen LogP contribution in [-0.4, -0.2) is 30.6 Å². The van der Waals surface area contributed by atoms with E-state index in [0.29, 0.717) is 5.92 Å². The van der Waals surface area contributed by atoms with E-state index in [-0.39, 0.29) is 0 Å². The lowest BCUT2D eigenvalue weighted by Gasteiger charge is -2.28. The lowest BCUT2D eigenvalue weighted by molar-refractivity contribution is -0.664. The van der Waals surface area contributed by atoms with Gasteiger partial charge >= 0.3 is 0 Å². The predicted molar refractivity (Wildman–Crippen MR) is 173 cm³/mol. The molecule has 1 aliphatic heterocycles. The highest BCUT2D eigenvalue weighted by Crippen LogP contribution is 2.47. The lowest BCUT2D eigenvalue weighted by Crippen LogP contribution is -2.36. The van der Waals surface area contributed by atoms with Gasteiger partial charge in [-0.25, -0.2) is 0 Å². The molecule has 2 nitrogen and oxygen atoms in total. The fraction of sp³-hybridized carbons (Fsp3) is 0.344. The zero-order valence-corrected chi connectivity index (χ0v) is 25.5. The standard InChI is InChI=1S/C32H35N2S4/c1-35-17-15-33-27-7-3-5-9-29(27)37-31(33)21-23-11-13-25-14-12-24(20-26(25)19-23)22-32-34(16-18-36-2)28-8-4-6-10-30(28)38-32/h3-10,19-22,25H,11-18H2,1-2H3/q+1. The highest BCUT2D eigenvalue weighted by Gasteiger charge is 2.27. The lowest BCUT2D eigenvalue weighted by atomic mass is 9.77. The zero-order chi connectivity index (χ0) is 25.9. The van der Waals surface area contributed by atoms with Crippen LogP contribution in [0.2, 0.25) is 0 Å². The van der Waals surface area contributed by atoms with Crippen LogP contribution in [-0.2, 0) is 6.54 Å². The molecule has 1 aromatic heterocycles. The largest absolute Gasteiger partial charge is 0.334 e. The average Bonchev–Trinajstić information content (AvgIpc) is 3.47. The Hall–Kier alpha value is -1.86. The van der Waals surface area contributed by atoms with E-state index >= 15 is 0 Å². The van der Waals surface area contributed by atoms with Gasteiger partial charge in [-0.3, -0.25) is 0 Å². The van der Waals surface area contributed by atoms with Gasteiger partial charge < -0.3 is 4.90 Å². The van der Waals surface area contributed by atoms with E-state index in [1.165, 1.54) is 73.2 Å². The molecule has 2 heterocycles. The first-order valence-electron chi connectivity index (χ1n) is 13.5. The molecular weight excluding hydrogens is 541 g/mol. The van der Waals surface area contributed by atoms with Crippen LogP contribution in [0.1, 0.15) is 30.7 Å². The Morgan fingerprint density at radius 1 is 0.947 bits per heavy atom. The third-order valence-electron chi connectivity index (χ3n) is 7.67. The monoisotopic (exact) mass is 575 g/mol. The van der Waals surface area contributed by atoms with Gasteiger partial charge in [-0.05, 0) is 85.1 Å². The number of aromatic nitrogens is 1. The van der Waals surface area contributed by atoms with Crippen LogP contribution in [0.4, 0.5) is 5.69 Å². The second kappa shape index (κ2) is 12.1. The van der Waals surface area contributed by atoms with Crippen LogP contribution in [0.5, 0.6) is 0 Å². The molecule has 6 heteroatoms. The Morgan fingerprint density at radius 3 is 2.66 bits per heavy atom. The minimum atomic E-state index is 0.710. The van der Waals surface area contributed by atoms with Crippen LogP contribution in [0.15, 0.2) is 93.4 Å². The van der Waals surface area contributed by atoms with Crippen molar-refractivity contribution < 1.29 is 4.57 Å². The number of thioether (sulfide) groups is 3. The van der Waals surface area contributed by atoms with Gasteiger partial charge in [0, 0.05) is 29.3 Å². The van der Waals surface area contributed by atoms with E-state index in [1.807, 2.05) is 46.6 Å². The molecule has 2 aliphatic carbocycles. The summed E-state index contributed by atoms with van der Waals surface area (Å²) >= 11 is 7.71. The molecule has 0 bridgehead atoms. The van der Waals surface area contributed by atoms with Crippen molar-refractivity contribution in [3.05, 3.63) is 93.5 Å². The molecule has 0 spiro atoms. The fourth-order valence-corrected chi connectivity index (χ4v) is 8.76. The summed E-state index contributed by atoms with van der Waals surface area (Å²) in [4.78, 5) is 3.91. The summed E-state index contributed by atoms with van der Waals surface area (Å²) in [7, 11) is 0. The number of hydrogen-bond acceptors (Lipinski definition) is 5. The van der Waals surface area contributed by atoms with Crippen LogP contribution in [0.3, 0.4) is 0 Å². The van der Waals surface area contributed by atoms with Crippen LogP contribution in [0.25, 0.3) is 16.3 Å². The number of benzene rings is 2. The summed E-state index contributed by atoms with van der Waals surface area (Å²) < 4.78 is 3.91. The third-order valence-corrected chi connectivity index (χ3v) is 11.1. The third kappa shape index (κ3) is 5.56. The van der Waals surface area contributed by atoms with Crippen molar-refractivity contribution in [2.45, 2.75) is 37.1 Å². The Balaban J connectivity index is 1.30. The summed E-state index contributed by atoms with van der Waals surface area (Å²) in [5.41, 5.74) is 7.23. The van der Waals surface area contributed by atoms with Crippen molar-refractivity contribution in [3.8, 4) is 0 Å². The number of hydrogen-bond donors (Lipinski definition) is 0. The number of fused-ring (bicyclic) bond motifs is 3. The first-order valence-corrected chi connectivity index (χ1v) is 17.9. The Kier molecular flexibility index (Phi) is 8.41. The van der Waals surface area contributed by atoms with Gasteiger partial charge in [0.05, 0.1) is 16.5 Å². The normalized spacial score (nSPS) is 21.1. The van der Waals surface area contributed by atoms with Crippen molar-refractivity contribution >= 4 is 68.6 Å². The molecule has 1 atom stereocenters. The van der Waals surface area contributed by atoms with E-state index in [0.717, 1.165) is 24.6 Å². The molecule has 0 radical (unpaired) electrons. The van der Waals surface area contributed by atoms with Crippen molar-refractivity contribution in [2.75, 3.05) is 35.5 Å². The fourth-order valence-electron chi connectivity index (χ4n) is 5.70. The molecule has 6 rings (SSSR count). The maximum Gasteiger partial charge on any atom is 0.263 e. The van der Waals surface area contributed by atoms with Crippen molar-refractivity contribution in [1.82, 2.24) is 0 Å². The molecule has 0 saturated carbocycles. The van der Waals surface area contributed by atoms with Crippen LogP contribution < -0.4 is 9.47 Å². The summed E-state index contributed by atoms with van der Waals surface area (Å²) in [5.74, 6) is 2.99. The Labute approximate surface area is 244 Å². The highest BCUT2D eigenvalue weighted by molar-refractivity contribution is 8.03. The van der Waals surface area contributed by atoms with Gasteiger partial charge in [0.25, 0.3) is 5.01 Å². The van der Waals surface area contributed by atoms with E-state index in [2.05, 4.69) is 94.8 Å². The average molecular weight is 576 g/mol. The second-order valence-electron chi connectivity index (χ2n) is 10.1. The number of allylic oxidation sites excluding steroid dienone is 6. The van der Waals surface area contributed by atoms with Crippen molar-refractivity contribution in [3.63, 3.8) is 0 Å². The van der Waals surface area contributed by atoms with Crippen LogP contribution in [0, 0.1) is 5.92 Å². The molecule has 0 saturated heterocycles. The molecule has 1 unspecified atom stereocenters. The van der Waals surface area contributed by atoms with Gasteiger partial charge in [-0.15, -0.1) is 0 Å². The van der Waals surface area contributed by atoms with E-state index < -0.39 is 0 Å². The molecule has 3 aromatic rings. The van der Waals surface area contributed by atoms with Gasteiger partial charge in [0.1, 0.15) is 4.70 Å². The summed E-state index contributed by atoms with van der Waals surface area (Å²) in [5, 5.41) is 2.77. The number of para-hydroxylation sites is 2. The Morgan fingerprint density at radius 2 is 1.76 bits per heavy atom.